The number of nitrogens with one attached hydrogen (secondary N) is 3. The summed E-state index contributed by atoms with van der Waals surface area (Å²) in [5.41, 5.74) is 1.37. The van der Waals surface area contributed by atoms with Gasteiger partial charge < -0.3 is 25.1 Å². The lowest BCUT2D eigenvalue weighted by Crippen LogP contribution is -2.40. The van der Waals surface area contributed by atoms with E-state index in [-0.39, 0.29) is 18.3 Å². The molecule has 0 bridgehead atoms. The van der Waals surface area contributed by atoms with E-state index in [1.807, 2.05) is 18.2 Å². The van der Waals surface area contributed by atoms with Crippen molar-refractivity contribution in [2.24, 2.45) is 5.41 Å². The number of halogens is 1. The first-order chi connectivity index (χ1) is 12.6. The lowest BCUT2D eigenvalue weighted by molar-refractivity contribution is -0.129. The molecule has 0 spiro atoms. The summed E-state index contributed by atoms with van der Waals surface area (Å²) in [4.78, 5) is 27.7. The molecule has 1 aromatic carbocycles. The van der Waals surface area contributed by atoms with E-state index >= 15 is 0 Å². The highest BCUT2D eigenvalue weighted by atomic mass is 35.5. The summed E-state index contributed by atoms with van der Waals surface area (Å²) in [6.07, 6.45) is 2.47. The van der Waals surface area contributed by atoms with Crippen molar-refractivity contribution in [2.45, 2.75) is 19.3 Å². The normalized spacial score (nSPS) is 19.8. The molecule has 27 heavy (non-hydrogen) atoms. The van der Waals surface area contributed by atoms with E-state index in [9.17, 15) is 9.59 Å². The van der Waals surface area contributed by atoms with Crippen LogP contribution in [0.2, 0.25) is 0 Å². The fourth-order valence-corrected chi connectivity index (χ4v) is 3.54. The molecule has 3 rings (SSSR count). The van der Waals surface area contributed by atoms with Crippen LogP contribution in [-0.4, -0.2) is 50.8 Å². The number of rotatable bonds is 5. The van der Waals surface area contributed by atoms with Crippen molar-refractivity contribution in [1.29, 1.82) is 0 Å². The van der Waals surface area contributed by atoms with Crippen LogP contribution in [0.15, 0.2) is 24.3 Å². The minimum atomic E-state index is -0.525. The molecule has 2 aromatic rings. The topological polar surface area (TPSA) is 92.5 Å². The fourth-order valence-electron chi connectivity index (χ4n) is 3.54. The zero-order valence-electron chi connectivity index (χ0n) is 15.6. The molecule has 2 heterocycles. The van der Waals surface area contributed by atoms with Crippen molar-refractivity contribution < 1.29 is 19.1 Å². The largest absolute Gasteiger partial charge is 0.464 e. The molecule has 8 heteroatoms. The van der Waals surface area contributed by atoms with E-state index < -0.39 is 11.4 Å². The molecule has 0 saturated carbocycles. The predicted molar refractivity (Wildman–Crippen MR) is 107 cm³/mol. The number of carbonyl (C=O) groups excluding carboxylic acids is 2. The Kier molecular flexibility index (Phi) is 7.24. The molecule has 1 atom stereocenters. The Hall–Kier alpha value is -2.09. The van der Waals surface area contributed by atoms with E-state index in [4.69, 9.17) is 9.47 Å². The van der Waals surface area contributed by atoms with Gasteiger partial charge in [0.2, 0.25) is 5.91 Å². The van der Waals surface area contributed by atoms with E-state index in [1.54, 1.807) is 13.2 Å². The van der Waals surface area contributed by atoms with Crippen LogP contribution in [0.4, 0.5) is 5.69 Å². The smallest absolute Gasteiger partial charge is 0.354 e. The molecule has 7 nitrogen and oxygen atoms in total. The summed E-state index contributed by atoms with van der Waals surface area (Å²) in [7, 11) is 2.98. The zero-order valence-corrected chi connectivity index (χ0v) is 16.4. The Morgan fingerprint density at radius 2 is 2.00 bits per heavy atom. The average Bonchev–Trinajstić information content (AvgIpc) is 2.92. The van der Waals surface area contributed by atoms with Crippen molar-refractivity contribution in [3.05, 3.63) is 30.0 Å². The summed E-state index contributed by atoms with van der Waals surface area (Å²) in [6.45, 7) is 2.12. The third-order valence-electron chi connectivity index (χ3n) is 4.98. The number of fused-ring (bicyclic) bond motifs is 1. The van der Waals surface area contributed by atoms with Crippen LogP contribution in [0.25, 0.3) is 10.9 Å². The van der Waals surface area contributed by atoms with Crippen LogP contribution in [0, 0.1) is 5.41 Å². The number of aromatic nitrogens is 1. The Labute approximate surface area is 164 Å². The highest BCUT2D eigenvalue weighted by Crippen LogP contribution is 2.32. The zero-order chi connectivity index (χ0) is 18.6. The fraction of sp³-hybridized carbons (Fsp3) is 0.474. The minimum Gasteiger partial charge on any atom is -0.464 e. The second kappa shape index (κ2) is 9.21. The van der Waals surface area contributed by atoms with E-state index in [0.29, 0.717) is 18.0 Å². The maximum Gasteiger partial charge on any atom is 0.354 e. The number of H-pyrrole nitrogens is 1. The van der Waals surface area contributed by atoms with Gasteiger partial charge in [-0.25, -0.2) is 4.79 Å². The molecule has 1 saturated heterocycles. The summed E-state index contributed by atoms with van der Waals surface area (Å²) >= 11 is 0. The summed E-state index contributed by atoms with van der Waals surface area (Å²) in [5, 5.41) is 7.21. The first-order valence-corrected chi connectivity index (χ1v) is 8.80. The minimum absolute atomic E-state index is 0. The quantitative estimate of drug-likeness (QED) is 0.677. The molecule has 1 unspecified atom stereocenters. The second-order valence-corrected chi connectivity index (χ2v) is 6.75. The third-order valence-corrected chi connectivity index (χ3v) is 4.98. The van der Waals surface area contributed by atoms with Crippen LogP contribution < -0.4 is 10.6 Å². The summed E-state index contributed by atoms with van der Waals surface area (Å²) in [6, 6.07) is 7.24. The van der Waals surface area contributed by atoms with Crippen LogP contribution in [0.3, 0.4) is 0 Å². The van der Waals surface area contributed by atoms with Gasteiger partial charge in [0.25, 0.3) is 0 Å². The van der Waals surface area contributed by atoms with Gasteiger partial charge in [-0.1, -0.05) is 0 Å². The standard InChI is InChI=1S/C19H25N3O4.ClH/c1-25-12-19(6-3-8-20-9-7-19)18(24)21-14-4-5-15-13(10-14)11-16(22-15)17(23)26-2;/h4-5,10-11,20,22H,3,6-9,12H2,1-2H3,(H,21,24);1H. The first kappa shape index (κ1) is 21.2. The van der Waals surface area contributed by atoms with Gasteiger partial charge in [-0.15, -0.1) is 12.4 Å². The first-order valence-electron chi connectivity index (χ1n) is 8.80. The van der Waals surface area contributed by atoms with Gasteiger partial charge >= 0.3 is 5.97 Å². The predicted octanol–water partition coefficient (Wildman–Crippen LogP) is 2.72. The number of amides is 1. The Balaban J connectivity index is 0.00000261. The van der Waals surface area contributed by atoms with Crippen molar-refractivity contribution in [3.8, 4) is 0 Å². The van der Waals surface area contributed by atoms with Gasteiger partial charge in [-0.3, -0.25) is 4.79 Å². The monoisotopic (exact) mass is 395 g/mol. The number of esters is 1. The molecule has 1 fully saturated rings. The maximum atomic E-state index is 13.0. The van der Waals surface area contributed by atoms with Gasteiger partial charge in [0.15, 0.2) is 0 Å². The highest BCUT2D eigenvalue weighted by molar-refractivity contribution is 5.99. The van der Waals surface area contributed by atoms with E-state index in [1.165, 1.54) is 7.11 Å². The van der Waals surface area contributed by atoms with Crippen molar-refractivity contribution >= 4 is 40.9 Å². The Bertz CT molecular complexity index is 797. The van der Waals surface area contributed by atoms with Crippen molar-refractivity contribution in [1.82, 2.24) is 10.3 Å². The third kappa shape index (κ3) is 4.61. The van der Waals surface area contributed by atoms with Crippen LogP contribution in [0.5, 0.6) is 0 Å². The number of methoxy groups -OCH3 is 2. The van der Waals surface area contributed by atoms with E-state index in [2.05, 4.69) is 15.6 Å². The number of aromatic amines is 1. The lowest BCUT2D eigenvalue weighted by atomic mass is 9.80. The van der Waals surface area contributed by atoms with Gasteiger partial charge in [-0.2, -0.15) is 0 Å². The Morgan fingerprint density at radius 1 is 1.19 bits per heavy atom. The molecule has 1 aliphatic rings. The number of benzene rings is 1. The van der Waals surface area contributed by atoms with Crippen LogP contribution in [-0.2, 0) is 14.3 Å². The lowest BCUT2D eigenvalue weighted by Gasteiger charge is -2.30. The van der Waals surface area contributed by atoms with E-state index in [0.717, 1.165) is 43.3 Å². The SMILES string of the molecule is COCC1(C(=O)Nc2ccc3[nH]c(C(=O)OC)cc3c2)CCCNCC1.Cl. The molecule has 1 aliphatic heterocycles. The number of carbonyl (C=O) groups is 2. The second-order valence-electron chi connectivity index (χ2n) is 6.75. The highest BCUT2D eigenvalue weighted by Gasteiger charge is 2.38. The summed E-state index contributed by atoms with van der Waals surface area (Å²) in [5.74, 6) is -0.442. The molecular weight excluding hydrogens is 370 g/mol. The van der Waals surface area contributed by atoms with Crippen LogP contribution in [0.1, 0.15) is 29.8 Å². The molecule has 148 valence electrons. The number of ether oxygens (including phenoxy) is 2. The molecule has 1 aromatic heterocycles. The maximum absolute atomic E-state index is 13.0. The average molecular weight is 396 g/mol. The molecular formula is C19H26ClN3O4. The molecule has 0 aliphatic carbocycles. The molecule has 0 radical (unpaired) electrons. The molecule has 1 amide bonds. The van der Waals surface area contributed by atoms with Gasteiger partial charge in [0.1, 0.15) is 5.69 Å². The van der Waals surface area contributed by atoms with Gasteiger partial charge in [0.05, 0.1) is 19.1 Å². The van der Waals surface area contributed by atoms with Gasteiger partial charge in [0, 0.05) is 23.7 Å². The number of hydrogen-bond donors (Lipinski definition) is 3. The Morgan fingerprint density at radius 3 is 2.74 bits per heavy atom. The van der Waals surface area contributed by atoms with Crippen molar-refractivity contribution in [2.75, 3.05) is 39.2 Å². The molecule has 3 N–H and O–H groups in total. The van der Waals surface area contributed by atoms with Crippen LogP contribution >= 0.6 is 12.4 Å². The number of anilines is 1. The summed E-state index contributed by atoms with van der Waals surface area (Å²) < 4.78 is 10.1. The van der Waals surface area contributed by atoms with Crippen molar-refractivity contribution in [3.63, 3.8) is 0 Å². The number of hydrogen-bond acceptors (Lipinski definition) is 5. The van der Waals surface area contributed by atoms with Gasteiger partial charge in [-0.05, 0) is 56.6 Å².